The monoisotopic (exact) mass is 760 g/mol. The van der Waals surface area contributed by atoms with Crippen molar-refractivity contribution in [2.75, 3.05) is 19.8 Å². The van der Waals surface area contributed by atoms with Crippen molar-refractivity contribution in [3.05, 3.63) is 82.9 Å². The molecule has 6 aromatic rings. The number of hydrogen-bond donors (Lipinski definition) is 2. The number of nitrogens with one attached hydrogen (secondary N) is 1. The Bertz CT molecular complexity index is 2390. The maximum atomic E-state index is 13.5. The molecule has 0 bridgehead atoms. The molecule has 2 aliphatic rings. The second-order valence-corrected chi connectivity index (χ2v) is 13.7. The normalized spacial score (nSPS) is 16.5. The summed E-state index contributed by atoms with van der Waals surface area (Å²) in [5.41, 5.74) is 7.13. The lowest BCUT2D eigenvalue weighted by Gasteiger charge is -2.27. The molecule has 0 aliphatic carbocycles. The first kappa shape index (κ1) is 36.5. The van der Waals surface area contributed by atoms with Crippen molar-refractivity contribution < 1.29 is 50.5 Å². The van der Waals surface area contributed by atoms with Gasteiger partial charge in [-0.1, -0.05) is 24.3 Å². The zero-order valence-electron chi connectivity index (χ0n) is 29.8. The number of likely N-dealkylation sites (tertiary alicyclic amines) is 1. The average molecular weight is 761 g/mol. The average Bonchev–Trinajstić information content (AvgIpc) is 3.86. The SMILES string of the molecule is Cc1c(-c2nc3cc(CNC4COC4)c(OC(F)F)cc3o2)cccc1-c1cccc(-c2nc3cc(CN4CCC[C@H]4C(=O)O)c(OC(F)F)cc3o2)c1C. The molecule has 55 heavy (non-hydrogen) atoms. The molecule has 4 aromatic carbocycles. The lowest BCUT2D eigenvalue weighted by molar-refractivity contribution is -0.142. The van der Waals surface area contributed by atoms with Gasteiger partial charge in [0, 0.05) is 47.5 Å². The van der Waals surface area contributed by atoms with Crippen LogP contribution in [-0.4, -0.2) is 71.0 Å². The fourth-order valence-electron chi connectivity index (χ4n) is 7.34. The first-order valence-corrected chi connectivity index (χ1v) is 17.8. The topological polar surface area (TPSA) is 132 Å². The fraction of sp³-hybridized carbons (Fsp3) is 0.325. The highest BCUT2D eigenvalue weighted by Gasteiger charge is 2.32. The van der Waals surface area contributed by atoms with E-state index >= 15 is 0 Å². The predicted molar refractivity (Wildman–Crippen MR) is 193 cm³/mol. The highest BCUT2D eigenvalue weighted by atomic mass is 19.3. The first-order valence-electron chi connectivity index (χ1n) is 17.8. The summed E-state index contributed by atoms with van der Waals surface area (Å²) >= 11 is 0. The molecule has 2 aliphatic heterocycles. The van der Waals surface area contributed by atoms with Gasteiger partial charge in [0.25, 0.3) is 0 Å². The van der Waals surface area contributed by atoms with E-state index < -0.39 is 25.2 Å². The van der Waals surface area contributed by atoms with Crippen LogP contribution in [0.3, 0.4) is 0 Å². The molecule has 15 heteroatoms. The summed E-state index contributed by atoms with van der Waals surface area (Å²) in [7, 11) is 0. The van der Waals surface area contributed by atoms with E-state index in [-0.39, 0.29) is 42.1 Å². The van der Waals surface area contributed by atoms with Gasteiger partial charge in [-0.05, 0) is 79.8 Å². The van der Waals surface area contributed by atoms with Gasteiger partial charge in [-0.3, -0.25) is 9.69 Å². The van der Waals surface area contributed by atoms with E-state index in [2.05, 4.69) is 5.32 Å². The number of carbonyl (C=O) groups is 1. The van der Waals surface area contributed by atoms with Crippen molar-refractivity contribution in [3.8, 4) is 45.5 Å². The fourth-order valence-corrected chi connectivity index (χ4v) is 7.34. The molecule has 0 saturated carbocycles. The van der Waals surface area contributed by atoms with Crippen molar-refractivity contribution in [1.29, 1.82) is 0 Å². The van der Waals surface area contributed by atoms with E-state index in [1.54, 1.807) is 17.0 Å². The van der Waals surface area contributed by atoms with Gasteiger partial charge in [0.1, 0.15) is 28.6 Å². The van der Waals surface area contributed by atoms with Gasteiger partial charge in [0.05, 0.1) is 19.3 Å². The largest absolute Gasteiger partial charge is 0.480 e. The van der Waals surface area contributed by atoms with Crippen molar-refractivity contribution in [3.63, 3.8) is 0 Å². The minimum atomic E-state index is -3.09. The quantitative estimate of drug-likeness (QED) is 0.110. The number of hydrogen-bond acceptors (Lipinski definition) is 10. The molecule has 2 fully saturated rings. The molecular weight excluding hydrogens is 724 g/mol. The van der Waals surface area contributed by atoms with Gasteiger partial charge in [0.2, 0.25) is 11.8 Å². The molecule has 4 heterocycles. The highest BCUT2D eigenvalue weighted by molar-refractivity contribution is 5.85. The van der Waals surface area contributed by atoms with Crippen LogP contribution in [0.15, 0.2) is 69.5 Å². The second kappa shape index (κ2) is 15.0. The minimum Gasteiger partial charge on any atom is -0.480 e. The molecule has 1 atom stereocenters. The smallest absolute Gasteiger partial charge is 0.387 e. The Labute approximate surface area is 311 Å². The van der Waals surface area contributed by atoms with E-state index in [0.29, 0.717) is 77.4 Å². The molecule has 286 valence electrons. The number of nitrogens with zero attached hydrogens (tertiary/aromatic N) is 3. The minimum absolute atomic E-state index is 0.00228. The number of benzene rings is 4. The predicted octanol–water partition coefficient (Wildman–Crippen LogP) is 8.33. The summed E-state index contributed by atoms with van der Waals surface area (Å²) in [5.74, 6) is -0.486. The van der Waals surface area contributed by atoms with Crippen LogP contribution in [0.4, 0.5) is 17.6 Å². The Morgan fingerprint density at radius 2 is 1.36 bits per heavy atom. The van der Waals surface area contributed by atoms with Crippen LogP contribution in [0, 0.1) is 13.8 Å². The van der Waals surface area contributed by atoms with Crippen LogP contribution in [-0.2, 0) is 22.6 Å². The molecule has 11 nitrogen and oxygen atoms in total. The van der Waals surface area contributed by atoms with E-state index in [0.717, 1.165) is 22.3 Å². The molecule has 0 unspecified atom stereocenters. The summed E-state index contributed by atoms with van der Waals surface area (Å²) in [5, 5.41) is 12.9. The van der Waals surface area contributed by atoms with Gasteiger partial charge in [-0.25, -0.2) is 9.97 Å². The summed E-state index contributed by atoms with van der Waals surface area (Å²) in [6, 6.07) is 16.9. The van der Waals surface area contributed by atoms with Crippen molar-refractivity contribution in [2.24, 2.45) is 0 Å². The van der Waals surface area contributed by atoms with Crippen molar-refractivity contribution in [2.45, 2.75) is 65.1 Å². The van der Waals surface area contributed by atoms with E-state index in [1.165, 1.54) is 12.1 Å². The Morgan fingerprint density at radius 1 is 0.836 bits per heavy atom. The van der Waals surface area contributed by atoms with Gasteiger partial charge in [-0.15, -0.1) is 0 Å². The standard InChI is InChI=1S/C40H36F4N4O7/c1-20-25(6-3-8-27(20)36-46-29-12-22(16-45-24-18-51-19-24)32(54-39(41)42)14-34(29)52-36)26-7-4-9-28(21(26)2)37-47-30-13-23(17-48-11-5-10-31(48)38(49)50)33(55-40(43)44)15-35(30)53-37/h3-4,6-9,12-15,24,31,39-40,45H,5,10-11,16-19H2,1-2H3,(H,49,50)/t31-/m0/s1. The summed E-state index contributed by atoms with van der Waals surface area (Å²) in [6.45, 7) is -0.247. The van der Waals surface area contributed by atoms with Gasteiger partial charge >= 0.3 is 19.2 Å². The summed E-state index contributed by atoms with van der Waals surface area (Å²) < 4.78 is 80.8. The Morgan fingerprint density at radius 3 is 1.87 bits per heavy atom. The maximum Gasteiger partial charge on any atom is 0.387 e. The number of oxazole rings is 2. The van der Waals surface area contributed by atoms with Crippen LogP contribution in [0.1, 0.15) is 35.1 Å². The summed E-state index contributed by atoms with van der Waals surface area (Å²) in [4.78, 5) is 23.0. The molecule has 2 N–H and O–H groups in total. The molecular formula is C40H36F4N4O7. The first-order chi connectivity index (χ1) is 26.5. The van der Waals surface area contributed by atoms with Crippen LogP contribution >= 0.6 is 0 Å². The summed E-state index contributed by atoms with van der Waals surface area (Å²) in [6.07, 6.45) is 1.15. The van der Waals surface area contributed by atoms with Crippen LogP contribution in [0.25, 0.3) is 56.2 Å². The van der Waals surface area contributed by atoms with Crippen LogP contribution < -0.4 is 14.8 Å². The van der Waals surface area contributed by atoms with E-state index in [4.69, 9.17) is 33.0 Å². The van der Waals surface area contributed by atoms with E-state index in [9.17, 15) is 27.5 Å². The highest BCUT2D eigenvalue weighted by Crippen LogP contribution is 2.40. The molecule has 0 radical (unpaired) electrons. The lowest BCUT2D eigenvalue weighted by Crippen LogP contribution is -2.45. The Kier molecular flexibility index (Phi) is 9.92. The van der Waals surface area contributed by atoms with E-state index in [1.807, 2.05) is 50.2 Å². The number of carboxylic acid groups (broad SMARTS) is 1. The molecule has 2 saturated heterocycles. The number of rotatable bonds is 13. The molecule has 2 aromatic heterocycles. The second-order valence-electron chi connectivity index (χ2n) is 13.7. The van der Waals surface area contributed by atoms with Gasteiger partial charge < -0.3 is 33.5 Å². The zero-order valence-corrected chi connectivity index (χ0v) is 29.8. The Balaban J connectivity index is 1.12. The third-order valence-corrected chi connectivity index (χ3v) is 10.2. The molecule has 0 spiro atoms. The molecule has 8 rings (SSSR count). The van der Waals surface area contributed by atoms with Gasteiger partial charge in [0.15, 0.2) is 11.2 Å². The number of ether oxygens (including phenoxy) is 3. The van der Waals surface area contributed by atoms with Crippen LogP contribution in [0.5, 0.6) is 11.5 Å². The number of alkyl halides is 4. The molecule has 0 amide bonds. The number of carboxylic acids is 1. The lowest BCUT2D eigenvalue weighted by atomic mass is 9.91. The third kappa shape index (κ3) is 7.34. The van der Waals surface area contributed by atoms with Gasteiger partial charge in [-0.2, -0.15) is 17.6 Å². The van der Waals surface area contributed by atoms with Crippen molar-refractivity contribution >= 4 is 28.2 Å². The number of aromatic nitrogens is 2. The Hall–Kier alpha value is -5.51. The van der Waals surface area contributed by atoms with Crippen LogP contribution in [0.2, 0.25) is 0 Å². The van der Waals surface area contributed by atoms with Crippen molar-refractivity contribution in [1.82, 2.24) is 20.2 Å². The number of aliphatic carboxylic acids is 1. The third-order valence-electron chi connectivity index (χ3n) is 10.2. The maximum absolute atomic E-state index is 13.5. The number of fused-ring (bicyclic) bond motifs is 2. The number of halogens is 4. The zero-order chi connectivity index (χ0) is 38.4.